The zero-order chi connectivity index (χ0) is 20.7. The lowest BCUT2D eigenvalue weighted by Crippen LogP contribution is -2.19. The van der Waals surface area contributed by atoms with Gasteiger partial charge in [-0.2, -0.15) is 0 Å². The van der Waals surface area contributed by atoms with Crippen molar-refractivity contribution in [3.8, 4) is 0 Å². The Bertz CT molecular complexity index is 594. The summed E-state index contributed by atoms with van der Waals surface area (Å²) in [5.41, 5.74) is 2.03. The second-order valence-corrected chi connectivity index (χ2v) is 8.28. The number of allylic oxidation sites excluding steroid dienone is 1. The summed E-state index contributed by atoms with van der Waals surface area (Å²) in [7, 11) is 1.33. The van der Waals surface area contributed by atoms with E-state index < -0.39 is 12.1 Å². The van der Waals surface area contributed by atoms with Gasteiger partial charge in [0.15, 0.2) is 0 Å². The van der Waals surface area contributed by atoms with E-state index in [2.05, 4.69) is 31.2 Å². The maximum atomic E-state index is 11.1. The van der Waals surface area contributed by atoms with E-state index in [1.807, 2.05) is 12.2 Å². The molecule has 5 heteroatoms. The molecule has 0 amide bonds. The maximum absolute atomic E-state index is 11.1. The predicted molar refractivity (Wildman–Crippen MR) is 110 cm³/mol. The lowest BCUT2D eigenvalue weighted by molar-refractivity contribution is -0.145. The van der Waals surface area contributed by atoms with Crippen molar-refractivity contribution >= 4 is 5.97 Å². The van der Waals surface area contributed by atoms with E-state index in [-0.39, 0.29) is 30.5 Å². The minimum Gasteiger partial charge on any atom is -0.467 e. The first kappa shape index (κ1) is 22.9. The largest absolute Gasteiger partial charge is 0.467 e. The van der Waals surface area contributed by atoms with Crippen LogP contribution in [0.4, 0.5) is 0 Å². The number of hydrogen-bond acceptors (Lipinski definition) is 5. The quantitative estimate of drug-likeness (QED) is 0.416. The molecule has 1 saturated carbocycles. The van der Waals surface area contributed by atoms with Crippen LogP contribution in [0.3, 0.4) is 0 Å². The molecule has 2 aliphatic rings. The van der Waals surface area contributed by atoms with E-state index in [1.54, 1.807) is 0 Å². The highest BCUT2D eigenvalue weighted by atomic mass is 16.6. The van der Waals surface area contributed by atoms with Crippen molar-refractivity contribution < 1.29 is 24.5 Å². The van der Waals surface area contributed by atoms with Gasteiger partial charge in [-0.1, -0.05) is 51.5 Å². The van der Waals surface area contributed by atoms with Crippen LogP contribution < -0.4 is 0 Å². The molecule has 0 radical (unpaired) electrons. The van der Waals surface area contributed by atoms with Crippen LogP contribution in [0, 0.1) is 23.7 Å². The first-order valence-corrected chi connectivity index (χ1v) is 10.4. The Morgan fingerprint density at radius 1 is 1.43 bits per heavy atom. The van der Waals surface area contributed by atoms with Gasteiger partial charge >= 0.3 is 5.97 Å². The van der Waals surface area contributed by atoms with Crippen LogP contribution in [0.5, 0.6) is 0 Å². The Labute approximate surface area is 169 Å². The van der Waals surface area contributed by atoms with Crippen molar-refractivity contribution in [3.63, 3.8) is 0 Å². The number of carbonyl (C=O) groups excluding carboxylic acids is 1. The predicted octanol–water partition coefficient (Wildman–Crippen LogP) is 3.42. The lowest BCUT2D eigenvalue weighted by Gasteiger charge is -2.19. The average Bonchev–Trinajstić information content (AvgIpc) is 3.21. The monoisotopic (exact) mass is 392 g/mol. The number of unbranched alkanes of at least 4 members (excludes halogenated alkanes) is 1. The van der Waals surface area contributed by atoms with Crippen LogP contribution in [0.1, 0.15) is 46.0 Å². The number of methoxy groups -OCH3 is 1. The third-order valence-corrected chi connectivity index (χ3v) is 6.16. The molecule has 2 aliphatic carbocycles. The number of ether oxygens (including phenoxy) is 2. The molecule has 0 saturated heterocycles. The summed E-state index contributed by atoms with van der Waals surface area (Å²) in [6, 6.07) is 0. The summed E-state index contributed by atoms with van der Waals surface area (Å²) in [5.74, 6) is 0.514. The summed E-state index contributed by atoms with van der Waals surface area (Å²) in [5, 5.41) is 20.9. The van der Waals surface area contributed by atoms with Crippen molar-refractivity contribution in [2.24, 2.45) is 23.7 Å². The van der Waals surface area contributed by atoms with Crippen molar-refractivity contribution in [1.29, 1.82) is 0 Å². The van der Waals surface area contributed by atoms with Gasteiger partial charge in [0, 0.05) is 5.92 Å². The van der Waals surface area contributed by atoms with Gasteiger partial charge in [0.05, 0.1) is 25.9 Å². The summed E-state index contributed by atoms with van der Waals surface area (Å²) >= 11 is 0. The third kappa shape index (κ3) is 6.03. The number of carbonyl (C=O) groups is 1. The lowest BCUT2D eigenvalue weighted by atomic mass is 9.90. The highest BCUT2D eigenvalue weighted by Crippen LogP contribution is 2.48. The second kappa shape index (κ2) is 10.9. The Morgan fingerprint density at radius 2 is 2.18 bits per heavy atom. The van der Waals surface area contributed by atoms with Crippen LogP contribution in [0.25, 0.3) is 0 Å². The molecule has 0 aliphatic heterocycles. The van der Waals surface area contributed by atoms with Gasteiger partial charge in [-0.25, -0.2) is 4.79 Å². The summed E-state index contributed by atoms with van der Waals surface area (Å²) in [6.45, 7) is 8.55. The Balaban J connectivity index is 1.92. The molecule has 2 rings (SSSR count). The number of aliphatic hydroxyl groups excluding tert-OH is 2. The van der Waals surface area contributed by atoms with Gasteiger partial charge in [-0.05, 0) is 48.2 Å². The molecular formula is C23H36O5. The topological polar surface area (TPSA) is 76.0 Å². The van der Waals surface area contributed by atoms with Gasteiger partial charge in [-0.3, -0.25) is 0 Å². The van der Waals surface area contributed by atoms with E-state index >= 15 is 0 Å². The van der Waals surface area contributed by atoms with E-state index in [9.17, 15) is 15.0 Å². The molecule has 5 nitrogen and oxygen atoms in total. The van der Waals surface area contributed by atoms with Crippen molar-refractivity contribution in [3.05, 3.63) is 36.0 Å². The fraction of sp³-hybridized carbons (Fsp3) is 0.696. The molecule has 0 spiro atoms. The minimum atomic E-state index is -0.468. The first-order valence-electron chi connectivity index (χ1n) is 10.4. The van der Waals surface area contributed by atoms with Gasteiger partial charge in [0.1, 0.15) is 6.61 Å². The summed E-state index contributed by atoms with van der Waals surface area (Å²) < 4.78 is 9.92. The SMILES string of the molecule is C=C(COCC(=O)OC)C1=C[C@H]2[C@@H](C1)C[C@@H](O)[C@@H]2/C=C/[C@@H](O)C(C)CCCC. The number of esters is 1. The molecule has 0 aromatic rings. The molecule has 1 unspecified atom stereocenters. The molecule has 0 aromatic heterocycles. The molecule has 1 fully saturated rings. The second-order valence-electron chi connectivity index (χ2n) is 8.28. The Kier molecular flexibility index (Phi) is 8.93. The van der Waals surface area contributed by atoms with Gasteiger partial charge in [0.25, 0.3) is 0 Å². The molecular weight excluding hydrogens is 356 g/mol. The highest BCUT2D eigenvalue weighted by molar-refractivity contribution is 5.70. The van der Waals surface area contributed by atoms with Gasteiger partial charge < -0.3 is 19.7 Å². The minimum absolute atomic E-state index is 0.0271. The number of aliphatic hydroxyl groups is 2. The molecule has 0 bridgehead atoms. The number of fused-ring (bicyclic) bond motifs is 1. The third-order valence-electron chi connectivity index (χ3n) is 6.16. The molecule has 158 valence electrons. The smallest absolute Gasteiger partial charge is 0.331 e. The number of rotatable bonds is 11. The number of hydrogen-bond donors (Lipinski definition) is 2. The van der Waals surface area contributed by atoms with Crippen molar-refractivity contribution in [1.82, 2.24) is 0 Å². The van der Waals surface area contributed by atoms with E-state index in [1.165, 1.54) is 7.11 Å². The standard InChI is InChI=1S/C23H36O5/c1-5-6-7-15(2)21(24)9-8-19-20-11-17(10-18(20)12-22(19)25)16(3)13-28-14-23(26)27-4/h8-9,11,15,18-22,24-25H,3,5-7,10,12-14H2,1-2,4H3/b9-8+/t15?,18-,19+,20-,21+,22+/m0/s1. The van der Waals surface area contributed by atoms with E-state index in [4.69, 9.17) is 4.74 Å². The van der Waals surface area contributed by atoms with Crippen LogP contribution in [0.15, 0.2) is 36.0 Å². The highest BCUT2D eigenvalue weighted by Gasteiger charge is 2.43. The van der Waals surface area contributed by atoms with Crippen molar-refractivity contribution in [2.45, 2.75) is 58.2 Å². The Hall–Kier alpha value is -1.43. The van der Waals surface area contributed by atoms with Crippen molar-refractivity contribution in [2.75, 3.05) is 20.3 Å². The van der Waals surface area contributed by atoms with Gasteiger partial charge in [0.2, 0.25) is 0 Å². The van der Waals surface area contributed by atoms with E-state index in [0.717, 1.165) is 43.3 Å². The molecule has 28 heavy (non-hydrogen) atoms. The first-order chi connectivity index (χ1) is 13.4. The fourth-order valence-corrected chi connectivity index (χ4v) is 4.30. The summed E-state index contributed by atoms with van der Waals surface area (Å²) in [6.07, 6.45) is 10.1. The molecule has 2 N–H and O–H groups in total. The zero-order valence-corrected chi connectivity index (χ0v) is 17.5. The normalized spacial score (nSPS) is 28.8. The molecule has 0 aromatic carbocycles. The fourth-order valence-electron chi connectivity index (χ4n) is 4.30. The van der Waals surface area contributed by atoms with Crippen LogP contribution >= 0.6 is 0 Å². The average molecular weight is 393 g/mol. The zero-order valence-electron chi connectivity index (χ0n) is 17.5. The van der Waals surface area contributed by atoms with Crippen LogP contribution in [-0.2, 0) is 14.3 Å². The van der Waals surface area contributed by atoms with Crippen LogP contribution in [-0.4, -0.2) is 48.7 Å². The van der Waals surface area contributed by atoms with Crippen LogP contribution in [0.2, 0.25) is 0 Å². The molecule has 0 heterocycles. The summed E-state index contributed by atoms with van der Waals surface area (Å²) in [4.78, 5) is 11.1. The van der Waals surface area contributed by atoms with E-state index in [0.29, 0.717) is 12.5 Å². The maximum Gasteiger partial charge on any atom is 0.331 e. The molecule has 6 atom stereocenters. The Morgan fingerprint density at radius 3 is 2.86 bits per heavy atom. The van der Waals surface area contributed by atoms with Gasteiger partial charge in [-0.15, -0.1) is 0 Å².